The summed E-state index contributed by atoms with van der Waals surface area (Å²) in [7, 11) is 0. The maximum atomic E-state index is 4.31. The van der Waals surface area contributed by atoms with Gasteiger partial charge in [-0.3, -0.25) is 0 Å². The Kier molecular flexibility index (Phi) is 26.8. The van der Waals surface area contributed by atoms with E-state index in [4.69, 9.17) is 0 Å². The van der Waals surface area contributed by atoms with Crippen molar-refractivity contribution in [2.45, 2.75) is 92.4 Å². The topological polar surface area (TPSA) is 6.48 Å². The summed E-state index contributed by atoms with van der Waals surface area (Å²) in [5.74, 6) is 5.13. The normalized spacial score (nSPS) is 11.2. The molecule has 1 aromatic carbocycles. The minimum Gasteiger partial charge on any atom is -0.302 e. The van der Waals surface area contributed by atoms with E-state index in [9.17, 15) is 0 Å². The first kappa shape index (κ1) is 37.7. The Morgan fingerprint density at radius 2 is 1.23 bits per heavy atom. The molecule has 6 heteroatoms. The number of thiol groups is 4. The summed E-state index contributed by atoms with van der Waals surface area (Å²) in [6.45, 7) is 23.6. The van der Waals surface area contributed by atoms with Gasteiger partial charge in [-0.2, -0.15) is 50.5 Å². The highest BCUT2D eigenvalue weighted by Gasteiger charge is 2.05. The molecule has 0 aromatic heterocycles. The molecular formula is C29H58N2S4. The van der Waals surface area contributed by atoms with Crippen LogP contribution in [0.4, 0.5) is 0 Å². The van der Waals surface area contributed by atoms with E-state index in [2.05, 4.69) is 134 Å². The van der Waals surface area contributed by atoms with E-state index < -0.39 is 0 Å². The number of hydrogen-bond donors (Lipinski definition) is 4. The molecule has 35 heavy (non-hydrogen) atoms. The van der Waals surface area contributed by atoms with E-state index in [0.29, 0.717) is 12.0 Å². The molecular weight excluding hydrogens is 505 g/mol. The molecule has 0 radical (unpaired) electrons. The maximum Gasteiger partial charge on any atom is 0.0154 e. The zero-order chi connectivity index (χ0) is 27.2. The van der Waals surface area contributed by atoms with E-state index in [1.807, 2.05) is 0 Å². The van der Waals surface area contributed by atoms with Crippen LogP contribution >= 0.6 is 50.5 Å². The molecule has 0 aliphatic carbocycles. The van der Waals surface area contributed by atoms with Crippen molar-refractivity contribution < 1.29 is 0 Å². The molecule has 2 nitrogen and oxygen atoms in total. The highest BCUT2D eigenvalue weighted by molar-refractivity contribution is 7.80. The second kappa shape index (κ2) is 24.9. The van der Waals surface area contributed by atoms with Crippen LogP contribution in [-0.4, -0.2) is 65.8 Å². The van der Waals surface area contributed by atoms with Crippen LogP contribution in [0.3, 0.4) is 0 Å². The van der Waals surface area contributed by atoms with Gasteiger partial charge < -0.3 is 9.80 Å². The molecule has 0 spiro atoms. The summed E-state index contributed by atoms with van der Waals surface area (Å²) in [6, 6.07) is 7.49. The molecule has 0 aliphatic rings. The molecule has 208 valence electrons. The van der Waals surface area contributed by atoms with Gasteiger partial charge in [-0.05, 0) is 74.7 Å². The Bertz CT molecular complexity index is 560. The third-order valence-corrected chi connectivity index (χ3v) is 6.78. The molecule has 0 N–H and O–H groups in total. The number of benzene rings is 1. The molecule has 1 rings (SSSR count). The standard InChI is InChI=1S/C12H18S.C9H21NS2.C8H19NS/c1-4-10-5-11(8-13)7-12(6-10)9(2)3;1-9(2)3-4-10(5-7-11)6-8-12;1-4-5-9(6-7-10)8(2)3/h5-7,9,13H,4,8H2,1-3H3;9,11-12H,3-8H2,1-2H3;8,10H,4-7H2,1-3H3. The summed E-state index contributed by atoms with van der Waals surface area (Å²) in [6.07, 6.45) is 3.63. The predicted molar refractivity (Wildman–Crippen MR) is 177 cm³/mol. The summed E-state index contributed by atoms with van der Waals surface area (Å²) in [4.78, 5) is 4.88. The van der Waals surface area contributed by atoms with Crippen LogP contribution < -0.4 is 0 Å². The molecule has 0 saturated heterocycles. The van der Waals surface area contributed by atoms with Crippen molar-refractivity contribution in [2.75, 3.05) is 50.0 Å². The van der Waals surface area contributed by atoms with Crippen LogP contribution in [0.5, 0.6) is 0 Å². The molecule has 0 amide bonds. The number of aryl methyl sites for hydroxylation is 1. The fraction of sp³-hybridized carbons (Fsp3) is 0.793. The lowest BCUT2D eigenvalue weighted by molar-refractivity contribution is 0.236. The zero-order valence-corrected chi connectivity index (χ0v) is 27.7. The van der Waals surface area contributed by atoms with Crippen LogP contribution in [0, 0.1) is 5.92 Å². The summed E-state index contributed by atoms with van der Waals surface area (Å²) >= 11 is 17.0. The lowest BCUT2D eigenvalue weighted by Gasteiger charge is -2.24. The summed E-state index contributed by atoms with van der Waals surface area (Å²) < 4.78 is 0. The largest absolute Gasteiger partial charge is 0.302 e. The van der Waals surface area contributed by atoms with Crippen molar-refractivity contribution in [2.24, 2.45) is 5.92 Å². The fourth-order valence-electron chi connectivity index (χ4n) is 3.52. The number of hydrogen-bond acceptors (Lipinski definition) is 6. The Morgan fingerprint density at radius 1 is 0.686 bits per heavy atom. The molecule has 0 unspecified atom stereocenters. The molecule has 0 heterocycles. The number of nitrogens with zero attached hydrogens (tertiary/aromatic N) is 2. The van der Waals surface area contributed by atoms with Crippen molar-refractivity contribution in [1.82, 2.24) is 9.80 Å². The molecule has 0 atom stereocenters. The van der Waals surface area contributed by atoms with E-state index in [-0.39, 0.29) is 0 Å². The first-order valence-corrected chi connectivity index (χ1v) is 16.1. The van der Waals surface area contributed by atoms with Gasteiger partial charge in [0.1, 0.15) is 0 Å². The van der Waals surface area contributed by atoms with Gasteiger partial charge in [-0.1, -0.05) is 59.7 Å². The fourth-order valence-corrected chi connectivity index (χ4v) is 4.53. The van der Waals surface area contributed by atoms with Gasteiger partial charge in [0.25, 0.3) is 0 Å². The quantitative estimate of drug-likeness (QED) is 0.161. The van der Waals surface area contributed by atoms with Gasteiger partial charge in [0.05, 0.1) is 0 Å². The average Bonchev–Trinajstić information content (AvgIpc) is 2.83. The van der Waals surface area contributed by atoms with Crippen LogP contribution in [0.2, 0.25) is 0 Å². The lowest BCUT2D eigenvalue weighted by atomic mass is 9.97. The van der Waals surface area contributed by atoms with Crippen LogP contribution in [0.25, 0.3) is 0 Å². The van der Waals surface area contributed by atoms with E-state index in [1.54, 1.807) is 0 Å². The van der Waals surface area contributed by atoms with Crippen molar-refractivity contribution in [3.05, 3.63) is 34.9 Å². The third-order valence-electron chi connectivity index (χ3n) is 5.82. The van der Waals surface area contributed by atoms with Crippen LogP contribution in [0.1, 0.15) is 90.8 Å². The maximum absolute atomic E-state index is 4.31. The molecule has 0 aliphatic heterocycles. The number of rotatable bonds is 15. The SMILES string of the molecule is CC(C)CCN(CCS)CCS.CCCN(CCS)C(C)C.CCc1cc(CS)cc(C(C)C)c1. The first-order valence-electron chi connectivity index (χ1n) is 13.6. The van der Waals surface area contributed by atoms with Crippen molar-refractivity contribution in [1.29, 1.82) is 0 Å². The van der Waals surface area contributed by atoms with Gasteiger partial charge >= 0.3 is 0 Å². The monoisotopic (exact) mass is 562 g/mol. The predicted octanol–water partition coefficient (Wildman–Crippen LogP) is 8.03. The highest BCUT2D eigenvalue weighted by atomic mass is 32.1. The first-order chi connectivity index (χ1) is 16.6. The molecule has 1 aromatic rings. The smallest absolute Gasteiger partial charge is 0.0154 e. The van der Waals surface area contributed by atoms with E-state index in [0.717, 1.165) is 55.0 Å². The Morgan fingerprint density at radius 3 is 1.60 bits per heavy atom. The van der Waals surface area contributed by atoms with Gasteiger partial charge in [-0.25, -0.2) is 0 Å². The van der Waals surface area contributed by atoms with Crippen molar-refractivity contribution >= 4 is 50.5 Å². The molecule has 0 fully saturated rings. The van der Waals surface area contributed by atoms with Crippen molar-refractivity contribution in [3.8, 4) is 0 Å². The zero-order valence-electron chi connectivity index (χ0n) is 24.1. The summed E-state index contributed by atoms with van der Waals surface area (Å²) in [5, 5.41) is 0. The van der Waals surface area contributed by atoms with Crippen molar-refractivity contribution in [3.63, 3.8) is 0 Å². The van der Waals surface area contributed by atoms with Gasteiger partial charge in [0.15, 0.2) is 0 Å². The minimum absolute atomic E-state index is 0.616. The highest BCUT2D eigenvalue weighted by Crippen LogP contribution is 2.19. The Hall–Kier alpha value is 0.540. The Labute approximate surface area is 242 Å². The second-order valence-corrected chi connectivity index (χ2v) is 11.7. The molecule has 0 saturated carbocycles. The van der Waals surface area contributed by atoms with E-state index >= 15 is 0 Å². The summed E-state index contributed by atoms with van der Waals surface area (Å²) in [5.41, 5.74) is 4.20. The van der Waals surface area contributed by atoms with Gasteiger partial charge in [-0.15, -0.1) is 0 Å². The van der Waals surface area contributed by atoms with Crippen LogP contribution in [-0.2, 0) is 12.2 Å². The lowest BCUT2D eigenvalue weighted by Crippen LogP contribution is -2.33. The molecule has 0 bridgehead atoms. The minimum atomic E-state index is 0.616. The van der Waals surface area contributed by atoms with Crippen LogP contribution in [0.15, 0.2) is 18.2 Å². The second-order valence-electron chi connectivity index (χ2n) is 10.1. The Balaban J connectivity index is 0. The average molecular weight is 563 g/mol. The van der Waals surface area contributed by atoms with Gasteiger partial charge in [0.2, 0.25) is 0 Å². The van der Waals surface area contributed by atoms with E-state index in [1.165, 1.54) is 42.6 Å². The third kappa shape index (κ3) is 21.2. The van der Waals surface area contributed by atoms with Gasteiger partial charge in [0, 0.05) is 48.7 Å².